The zero-order valence-corrected chi connectivity index (χ0v) is 21.0. The Balaban J connectivity index is 1.38. The number of likely N-dealkylation sites (tertiary alicyclic amines) is 1. The molecule has 2 aliphatic heterocycles. The highest BCUT2D eigenvalue weighted by molar-refractivity contribution is 7.99. The van der Waals surface area contributed by atoms with Crippen molar-refractivity contribution >= 4 is 52.9 Å². The lowest BCUT2D eigenvalue weighted by atomic mass is 9.97. The Hall–Kier alpha value is -2.35. The van der Waals surface area contributed by atoms with Crippen molar-refractivity contribution < 1.29 is 23.8 Å². The van der Waals surface area contributed by atoms with Gasteiger partial charge in [0.15, 0.2) is 11.5 Å². The van der Waals surface area contributed by atoms with Crippen LogP contribution in [-0.2, 0) is 14.3 Å². The minimum atomic E-state index is -0.180. The number of hydrogen-bond donors (Lipinski definition) is 0. The topological polar surface area (TPSA) is 65.1 Å². The predicted octanol–water partition coefficient (Wildman–Crippen LogP) is 5.73. The summed E-state index contributed by atoms with van der Waals surface area (Å²) in [6.07, 6.45) is 4.38. The SMILES string of the molecule is CCOC(=O)C1CCN(C(=O)/C=C/c2ccc(Sc3ccc4c(c3)OCCO4)c(Cl)c2Cl)CC1. The van der Waals surface area contributed by atoms with Crippen LogP contribution in [0.3, 0.4) is 0 Å². The van der Waals surface area contributed by atoms with E-state index in [1.165, 1.54) is 17.8 Å². The standard InChI is InChI=1S/C25H25Cl2NO5S/c1-2-31-25(30)17-9-11-28(12-10-17)22(29)8-4-16-3-7-21(24(27)23(16)26)34-18-5-6-19-20(15-18)33-14-13-32-19/h3-8,15,17H,2,9-14H2,1H3/b8-4+. The van der Waals surface area contributed by atoms with E-state index in [1.807, 2.05) is 30.3 Å². The van der Waals surface area contributed by atoms with Gasteiger partial charge in [-0.15, -0.1) is 0 Å². The first-order valence-corrected chi connectivity index (χ1v) is 12.7. The van der Waals surface area contributed by atoms with Crippen molar-refractivity contribution in [2.75, 3.05) is 32.9 Å². The van der Waals surface area contributed by atoms with Crippen LogP contribution in [0.2, 0.25) is 10.0 Å². The number of nitrogens with zero attached hydrogens (tertiary/aromatic N) is 1. The number of rotatable bonds is 6. The van der Waals surface area contributed by atoms with E-state index in [4.69, 9.17) is 37.4 Å². The molecule has 1 saturated heterocycles. The zero-order chi connectivity index (χ0) is 24.1. The fourth-order valence-corrected chi connectivity index (χ4v) is 5.29. The van der Waals surface area contributed by atoms with E-state index < -0.39 is 0 Å². The number of amides is 1. The minimum Gasteiger partial charge on any atom is -0.486 e. The average molecular weight is 522 g/mol. The van der Waals surface area contributed by atoms with Gasteiger partial charge in [0, 0.05) is 29.0 Å². The monoisotopic (exact) mass is 521 g/mol. The molecule has 1 fully saturated rings. The number of fused-ring (bicyclic) bond motifs is 1. The van der Waals surface area contributed by atoms with Crippen molar-refractivity contribution in [2.45, 2.75) is 29.6 Å². The second kappa shape index (κ2) is 11.4. The van der Waals surface area contributed by atoms with Crippen LogP contribution in [0.4, 0.5) is 0 Å². The van der Waals surface area contributed by atoms with Crippen molar-refractivity contribution in [2.24, 2.45) is 5.92 Å². The molecule has 0 N–H and O–H groups in total. The Morgan fingerprint density at radius 3 is 2.56 bits per heavy atom. The van der Waals surface area contributed by atoms with Gasteiger partial charge >= 0.3 is 5.97 Å². The quantitative estimate of drug-likeness (QED) is 0.357. The molecule has 0 saturated carbocycles. The van der Waals surface area contributed by atoms with Crippen molar-refractivity contribution in [3.63, 3.8) is 0 Å². The zero-order valence-electron chi connectivity index (χ0n) is 18.7. The van der Waals surface area contributed by atoms with Crippen LogP contribution in [0.15, 0.2) is 46.2 Å². The van der Waals surface area contributed by atoms with Gasteiger partial charge in [-0.2, -0.15) is 0 Å². The molecule has 2 aromatic rings. The van der Waals surface area contributed by atoms with E-state index in [-0.39, 0.29) is 17.8 Å². The van der Waals surface area contributed by atoms with Gasteiger partial charge in [-0.3, -0.25) is 9.59 Å². The Bertz CT molecular complexity index is 1100. The van der Waals surface area contributed by atoms with E-state index in [0.717, 1.165) is 15.5 Å². The van der Waals surface area contributed by atoms with Crippen LogP contribution in [0.5, 0.6) is 11.5 Å². The molecular weight excluding hydrogens is 497 g/mol. The van der Waals surface area contributed by atoms with Crippen molar-refractivity contribution in [3.8, 4) is 11.5 Å². The number of ether oxygens (including phenoxy) is 3. The van der Waals surface area contributed by atoms with Crippen LogP contribution >= 0.6 is 35.0 Å². The molecule has 6 nitrogen and oxygen atoms in total. The lowest BCUT2D eigenvalue weighted by Gasteiger charge is -2.30. The molecule has 34 heavy (non-hydrogen) atoms. The summed E-state index contributed by atoms with van der Waals surface area (Å²) in [4.78, 5) is 28.0. The number of carbonyl (C=O) groups excluding carboxylic acids is 2. The molecule has 0 radical (unpaired) electrons. The highest BCUT2D eigenvalue weighted by Gasteiger charge is 2.27. The Kier molecular flexibility index (Phi) is 8.29. The summed E-state index contributed by atoms with van der Waals surface area (Å²) in [5.74, 6) is 1.00. The van der Waals surface area contributed by atoms with Gasteiger partial charge in [0.1, 0.15) is 13.2 Å². The second-order valence-corrected chi connectivity index (χ2v) is 9.74. The van der Waals surface area contributed by atoms with Gasteiger partial charge in [-0.1, -0.05) is 41.0 Å². The summed E-state index contributed by atoms with van der Waals surface area (Å²) in [5.41, 5.74) is 0.660. The maximum Gasteiger partial charge on any atom is 0.309 e. The second-order valence-electron chi connectivity index (χ2n) is 7.87. The van der Waals surface area contributed by atoms with Gasteiger partial charge in [0.2, 0.25) is 5.91 Å². The number of halogens is 2. The third-order valence-corrected chi connectivity index (χ3v) is 7.71. The largest absolute Gasteiger partial charge is 0.486 e. The molecule has 0 atom stereocenters. The fourth-order valence-electron chi connectivity index (χ4n) is 3.83. The van der Waals surface area contributed by atoms with Gasteiger partial charge in [0.05, 0.1) is 22.6 Å². The summed E-state index contributed by atoms with van der Waals surface area (Å²) in [5, 5.41) is 0.806. The summed E-state index contributed by atoms with van der Waals surface area (Å²) in [6, 6.07) is 9.46. The predicted molar refractivity (Wildman–Crippen MR) is 133 cm³/mol. The maximum atomic E-state index is 12.6. The molecule has 2 heterocycles. The molecule has 2 aliphatic rings. The summed E-state index contributed by atoms with van der Waals surface area (Å²) in [7, 11) is 0. The molecule has 2 aromatic carbocycles. The molecule has 0 bridgehead atoms. The Labute approximate surface area is 213 Å². The third-order valence-electron chi connectivity index (χ3n) is 5.65. The smallest absolute Gasteiger partial charge is 0.309 e. The molecule has 180 valence electrons. The molecule has 0 aliphatic carbocycles. The van der Waals surface area contributed by atoms with E-state index in [2.05, 4.69) is 0 Å². The minimum absolute atomic E-state index is 0.121. The molecule has 4 rings (SSSR count). The van der Waals surface area contributed by atoms with E-state index in [9.17, 15) is 9.59 Å². The van der Waals surface area contributed by atoms with E-state index in [1.54, 1.807) is 17.9 Å². The van der Waals surface area contributed by atoms with Crippen molar-refractivity contribution in [1.29, 1.82) is 0 Å². The highest BCUT2D eigenvalue weighted by Crippen LogP contribution is 2.42. The molecule has 0 unspecified atom stereocenters. The Morgan fingerprint density at radius 1 is 1.09 bits per heavy atom. The molecule has 9 heteroatoms. The molecule has 1 amide bonds. The molecule has 0 aromatic heterocycles. The first-order valence-electron chi connectivity index (χ1n) is 11.2. The number of hydrogen-bond acceptors (Lipinski definition) is 6. The molecule has 0 spiro atoms. The van der Waals surface area contributed by atoms with Gasteiger partial charge < -0.3 is 19.1 Å². The van der Waals surface area contributed by atoms with Gasteiger partial charge in [-0.25, -0.2) is 0 Å². The third kappa shape index (κ3) is 5.82. The highest BCUT2D eigenvalue weighted by atomic mass is 35.5. The van der Waals surface area contributed by atoms with E-state index >= 15 is 0 Å². The number of piperidine rings is 1. The fraction of sp³-hybridized carbons (Fsp3) is 0.360. The summed E-state index contributed by atoms with van der Waals surface area (Å²) >= 11 is 14.5. The Morgan fingerprint density at radius 2 is 1.82 bits per heavy atom. The van der Waals surface area contributed by atoms with Gasteiger partial charge in [-0.05, 0) is 55.7 Å². The summed E-state index contributed by atoms with van der Waals surface area (Å²) < 4.78 is 16.3. The lowest BCUT2D eigenvalue weighted by Crippen LogP contribution is -2.39. The number of esters is 1. The van der Waals surface area contributed by atoms with Crippen LogP contribution in [-0.4, -0.2) is 49.7 Å². The lowest BCUT2D eigenvalue weighted by molar-refractivity contribution is -0.150. The van der Waals surface area contributed by atoms with Crippen LogP contribution in [0, 0.1) is 5.92 Å². The maximum absolute atomic E-state index is 12.6. The van der Waals surface area contributed by atoms with E-state index in [0.29, 0.717) is 67.1 Å². The van der Waals surface area contributed by atoms with Crippen LogP contribution < -0.4 is 9.47 Å². The molecular formula is C25H25Cl2NO5S. The normalized spacial score (nSPS) is 16.0. The van der Waals surface area contributed by atoms with Crippen LogP contribution in [0.1, 0.15) is 25.3 Å². The van der Waals surface area contributed by atoms with Crippen molar-refractivity contribution in [3.05, 3.63) is 52.0 Å². The van der Waals surface area contributed by atoms with Crippen LogP contribution in [0.25, 0.3) is 6.08 Å². The average Bonchev–Trinajstić information content (AvgIpc) is 2.86. The van der Waals surface area contributed by atoms with Crippen molar-refractivity contribution in [1.82, 2.24) is 4.90 Å². The number of carbonyl (C=O) groups is 2. The first kappa shape index (κ1) is 24.8. The summed E-state index contributed by atoms with van der Waals surface area (Å²) in [6.45, 7) is 4.28. The number of benzene rings is 2. The van der Waals surface area contributed by atoms with Gasteiger partial charge in [0.25, 0.3) is 0 Å². The first-order chi connectivity index (χ1) is 16.5.